The molecular formula is C19H23N5O+2. The van der Waals surface area contributed by atoms with E-state index in [-0.39, 0.29) is 11.9 Å². The van der Waals surface area contributed by atoms with E-state index in [9.17, 15) is 4.79 Å². The van der Waals surface area contributed by atoms with Gasteiger partial charge in [-0.2, -0.15) is 5.26 Å². The lowest BCUT2D eigenvalue weighted by Gasteiger charge is -2.31. The Balaban J connectivity index is 1.54. The van der Waals surface area contributed by atoms with Crippen LogP contribution in [0, 0.1) is 11.3 Å². The predicted molar refractivity (Wildman–Crippen MR) is 95.2 cm³/mol. The number of hydrogen-bond acceptors (Lipinski definition) is 3. The normalized spacial score (nSPS) is 16.1. The molecule has 1 atom stereocenters. The molecule has 25 heavy (non-hydrogen) atoms. The molecule has 2 heterocycles. The van der Waals surface area contributed by atoms with Crippen LogP contribution >= 0.6 is 0 Å². The Morgan fingerprint density at radius 1 is 1.24 bits per heavy atom. The maximum Gasteiger partial charge on any atom is 0.282 e. The number of rotatable bonds is 4. The summed E-state index contributed by atoms with van der Waals surface area (Å²) in [4.78, 5) is 19.4. The van der Waals surface area contributed by atoms with Gasteiger partial charge in [0.05, 0.1) is 17.8 Å². The maximum absolute atomic E-state index is 12.5. The number of aromatic amines is 1. The van der Waals surface area contributed by atoms with Crippen molar-refractivity contribution in [3.05, 3.63) is 54.2 Å². The molecule has 6 nitrogen and oxygen atoms in total. The van der Waals surface area contributed by atoms with Gasteiger partial charge in [0.15, 0.2) is 6.04 Å². The van der Waals surface area contributed by atoms with Crippen molar-refractivity contribution in [3.8, 4) is 6.07 Å². The highest BCUT2D eigenvalue weighted by atomic mass is 16.2. The van der Waals surface area contributed by atoms with Crippen molar-refractivity contribution in [1.29, 1.82) is 5.26 Å². The summed E-state index contributed by atoms with van der Waals surface area (Å²) in [5.74, 6) is 1.13. The number of quaternary nitrogens is 1. The quantitative estimate of drug-likeness (QED) is 0.831. The number of pyridine rings is 1. The Kier molecular flexibility index (Phi) is 5.26. The van der Waals surface area contributed by atoms with Crippen LogP contribution < -0.4 is 20.1 Å². The zero-order valence-corrected chi connectivity index (χ0v) is 14.3. The van der Waals surface area contributed by atoms with Gasteiger partial charge in [0, 0.05) is 11.8 Å². The minimum absolute atomic E-state index is 0.0134. The summed E-state index contributed by atoms with van der Waals surface area (Å²) in [7, 11) is 0. The van der Waals surface area contributed by atoms with E-state index in [0.717, 1.165) is 37.7 Å². The van der Waals surface area contributed by atoms with Crippen molar-refractivity contribution in [2.75, 3.05) is 36.4 Å². The number of nitrogens with one attached hydrogen (secondary N) is 3. The summed E-state index contributed by atoms with van der Waals surface area (Å²) in [6, 6.07) is 15.0. The van der Waals surface area contributed by atoms with Gasteiger partial charge >= 0.3 is 0 Å². The fourth-order valence-corrected chi connectivity index (χ4v) is 3.11. The summed E-state index contributed by atoms with van der Waals surface area (Å²) in [5.41, 5.74) is 1.32. The Morgan fingerprint density at radius 2 is 1.96 bits per heavy atom. The molecule has 0 radical (unpaired) electrons. The highest BCUT2D eigenvalue weighted by molar-refractivity contribution is 5.93. The molecule has 1 aliphatic rings. The number of benzene rings is 1. The molecule has 2 aromatic rings. The van der Waals surface area contributed by atoms with E-state index in [1.165, 1.54) is 4.90 Å². The minimum Gasteiger partial charge on any atom is -0.321 e. The lowest BCUT2D eigenvalue weighted by atomic mass is 10.2. The Morgan fingerprint density at radius 3 is 2.56 bits per heavy atom. The van der Waals surface area contributed by atoms with Gasteiger partial charge in [-0.3, -0.25) is 9.69 Å². The second-order valence-corrected chi connectivity index (χ2v) is 6.29. The van der Waals surface area contributed by atoms with Crippen LogP contribution in [0.1, 0.15) is 12.5 Å². The Hall–Kier alpha value is -2.91. The van der Waals surface area contributed by atoms with Crippen LogP contribution in [0.3, 0.4) is 0 Å². The van der Waals surface area contributed by atoms with Crippen LogP contribution in [0.25, 0.3) is 0 Å². The predicted octanol–water partition coefficient (Wildman–Crippen LogP) is 0.104. The zero-order valence-electron chi connectivity index (χ0n) is 14.3. The van der Waals surface area contributed by atoms with Crippen LogP contribution in [0.2, 0.25) is 0 Å². The zero-order chi connectivity index (χ0) is 17.6. The summed E-state index contributed by atoms with van der Waals surface area (Å²) >= 11 is 0. The van der Waals surface area contributed by atoms with E-state index >= 15 is 0 Å². The molecule has 0 unspecified atom stereocenters. The van der Waals surface area contributed by atoms with E-state index < -0.39 is 0 Å². The highest BCUT2D eigenvalue weighted by Crippen LogP contribution is 2.09. The fourth-order valence-electron chi connectivity index (χ4n) is 3.11. The second-order valence-electron chi connectivity index (χ2n) is 6.29. The average molecular weight is 337 g/mol. The SMILES string of the molecule is C[C@@H](C(=O)Nc1ccc(C#N)cc1)[NH+]1CCN(c2cccc[nH+]2)CC1. The van der Waals surface area contributed by atoms with Gasteiger partial charge in [-0.1, -0.05) is 6.07 Å². The van der Waals surface area contributed by atoms with Crippen molar-refractivity contribution in [1.82, 2.24) is 0 Å². The molecule has 0 bridgehead atoms. The van der Waals surface area contributed by atoms with Gasteiger partial charge in [-0.05, 0) is 37.3 Å². The molecule has 3 rings (SSSR count). The van der Waals surface area contributed by atoms with E-state index in [4.69, 9.17) is 5.26 Å². The number of anilines is 2. The number of hydrogen-bond donors (Lipinski definition) is 2. The third kappa shape index (κ3) is 4.14. The highest BCUT2D eigenvalue weighted by Gasteiger charge is 2.32. The number of amides is 1. The third-order valence-electron chi connectivity index (χ3n) is 4.73. The standard InChI is InChI=1S/C19H21N5O/c1-15(19(25)22-17-7-5-16(14-20)6-8-17)23-10-12-24(13-11-23)18-4-2-3-9-21-18/h2-9,15H,10-13H2,1H3,(H,22,25)/p+2/t15-/m0/s1. The van der Waals surface area contributed by atoms with Gasteiger partial charge in [-0.25, -0.2) is 4.98 Å². The first-order valence-electron chi connectivity index (χ1n) is 8.54. The molecule has 0 aliphatic carbocycles. The van der Waals surface area contributed by atoms with Crippen molar-refractivity contribution in [2.45, 2.75) is 13.0 Å². The van der Waals surface area contributed by atoms with E-state index in [2.05, 4.69) is 27.3 Å². The van der Waals surface area contributed by atoms with Gasteiger partial charge in [0.25, 0.3) is 11.7 Å². The number of aromatic nitrogens is 1. The fraction of sp³-hybridized carbons (Fsp3) is 0.316. The first-order valence-corrected chi connectivity index (χ1v) is 8.54. The molecule has 1 aromatic carbocycles. The number of piperazine rings is 1. The molecule has 6 heteroatoms. The van der Waals surface area contributed by atoms with E-state index in [0.29, 0.717) is 5.56 Å². The molecular weight excluding hydrogens is 314 g/mol. The number of carbonyl (C=O) groups excluding carboxylic acids is 1. The van der Waals surface area contributed by atoms with Crippen LogP contribution in [0.4, 0.5) is 11.5 Å². The lowest BCUT2D eigenvalue weighted by Crippen LogP contribution is -3.19. The minimum atomic E-state index is -0.113. The molecule has 1 aliphatic heterocycles. The molecule has 0 saturated carbocycles. The molecule has 1 amide bonds. The first kappa shape index (κ1) is 16.9. The average Bonchev–Trinajstić information content (AvgIpc) is 2.69. The lowest BCUT2D eigenvalue weighted by molar-refractivity contribution is -0.914. The van der Waals surface area contributed by atoms with Gasteiger partial charge < -0.3 is 10.2 Å². The summed E-state index contributed by atoms with van der Waals surface area (Å²) < 4.78 is 0. The Bertz CT molecular complexity index is 746. The maximum atomic E-state index is 12.5. The van der Waals surface area contributed by atoms with Crippen molar-refractivity contribution in [2.24, 2.45) is 0 Å². The number of H-pyrrole nitrogens is 1. The topological polar surface area (TPSA) is 74.7 Å². The van der Waals surface area contributed by atoms with Gasteiger partial charge in [0.2, 0.25) is 0 Å². The van der Waals surface area contributed by atoms with Crippen molar-refractivity contribution in [3.63, 3.8) is 0 Å². The molecule has 3 N–H and O–H groups in total. The van der Waals surface area contributed by atoms with Crippen LogP contribution in [0.15, 0.2) is 48.7 Å². The molecule has 128 valence electrons. The smallest absolute Gasteiger partial charge is 0.282 e. The monoisotopic (exact) mass is 337 g/mol. The molecule has 1 saturated heterocycles. The van der Waals surface area contributed by atoms with E-state index in [1.54, 1.807) is 24.3 Å². The van der Waals surface area contributed by atoms with Crippen LogP contribution in [0.5, 0.6) is 0 Å². The number of nitrogens with zero attached hydrogens (tertiary/aromatic N) is 2. The van der Waals surface area contributed by atoms with Gasteiger partial charge in [-0.15, -0.1) is 0 Å². The van der Waals surface area contributed by atoms with Crippen molar-refractivity contribution < 1.29 is 14.7 Å². The largest absolute Gasteiger partial charge is 0.321 e. The third-order valence-corrected chi connectivity index (χ3v) is 4.73. The van der Waals surface area contributed by atoms with Crippen LogP contribution in [-0.2, 0) is 4.79 Å². The number of carbonyl (C=O) groups is 1. The first-order chi connectivity index (χ1) is 12.2. The summed E-state index contributed by atoms with van der Waals surface area (Å²) in [5, 5.41) is 11.8. The van der Waals surface area contributed by atoms with Crippen molar-refractivity contribution >= 4 is 17.4 Å². The second kappa shape index (κ2) is 7.77. The molecule has 1 fully saturated rings. The number of nitriles is 1. The Labute approximate surface area is 147 Å². The molecule has 1 aromatic heterocycles. The van der Waals surface area contributed by atoms with Crippen LogP contribution in [-0.4, -0.2) is 38.1 Å². The molecule has 0 spiro atoms. The summed E-state index contributed by atoms with van der Waals surface area (Å²) in [6.07, 6.45) is 1.93. The summed E-state index contributed by atoms with van der Waals surface area (Å²) in [6.45, 7) is 5.66. The van der Waals surface area contributed by atoms with Gasteiger partial charge in [0.1, 0.15) is 26.2 Å². The van der Waals surface area contributed by atoms with E-state index in [1.807, 2.05) is 25.3 Å².